The van der Waals surface area contributed by atoms with Gasteiger partial charge in [0, 0.05) is 11.4 Å². The molecule has 22 heavy (non-hydrogen) atoms. The number of para-hydroxylation sites is 1. The summed E-state index contributed by atoms with van der Waals surface area (Å²) in [6, 6.07) is 9.90. The van der Waals surface area contributed by atoms with Crippen LogP contribution in [0.15, 0.2) is 36.4 Å². The third-order valence-electron chi connectivity index (χ3n) is 3.12. The molecule has 1 amide bonds. The lowest BCUT2D eigenvalue weighted by molar-refractivity contribution is -0.132. The van der Waals surface area contributed by atoms with Gasteiger partial charge in [0.05, 0.1) is 23.9 Å². The molecule has 0 N–H and O–H groups in total. The summed E-state index contributed by atoms with van der Waals surface area (Å²) in [6.45, 7) is 3.22. The van der Waals surface area contributed by atoms with E-state index in [1.807, 2.05) is 19.1 Å². The number of thiophene rings is 1. The van der Waals surface area contributed by atoms with E-state index in [-0.39, 0.29) is 24.7 Å². The van der Waals surface area contributed by atoms with Crippen molar-refractivity contribution in [3.63, 3.8) is 0 Å². The molecule has 0 aliphatic heterocycles. The van der Waals surface area contributed by atoms with Crippen LogP contribution in [0.4, 0.5) is 4.39 Å². The summed E-state index contributed by atoms with van der Waals surface area (Å²) in [4.78, 5) is 15.0. The molecule has 0 aliphatic carbocycles. The van der Waals surface area contributed by atoms with E-state index in [0.29, 0.717) is 17.4 Å². The van der Waals surface area contributed by atoms with Gasteiger partial charge in [0.15, 0.2) is 11.6 Å². The molecule has 118 valence electrons. The number of halogens is 2. The fourth-order valence-electron chi connectivity index (χ4n) is 1.97. The first kappa shape index (κ1) is 16.8. The standard InChI is InChI=1S/C16H17ClFNO2S/c1-2-19(11-12-7-8-15(17)22-12)16(20)9-10-21-14-6-4-3-5-13(14)18/h3-8H,2,9-11H2,1H3. The summed E-state index contributed by atoms with van der Waals surface area (Å²) in [6.07, 6.45) is 0.210. The van der Waals surface area contributed by atoms with E-state index in [2.05, 4.69) is 0 Å². The first-order valence-electron chi connectivity index (χ1n) is 6.99. The van der Waals surface area contributed by atoms with E-state index in [0.717, 1.165) is 4.88 Å². The van der Waals surface area contributed by atoms with E-state index in [1.165, 1.54) is 17.4 Å². The minimum Gasteiger partial charge on any atom is -0.490 e. The number of carbonyl (C=O) groups excluding carboxylic acids is 1. The van der Waals surface area contributed by atoms with Crippen LogP contribution in [0, 0.1) is 5.82 Å². The van der Waals surface area contributed by atoms with Crippen molar-refractivity contribution in [2.45, 2.75) is 19.9 Å². The lowest BCUT2D eigenvalue weighted by Gasteiger charge is -2.20. The quantitative estimate of drug-likeness (QED) is 0.749. The maximum absolute atomic E-state index is 13.4. The molecule has 0 spiro atoms. The molecule has 0 saturated carbocycles. The molecule has 0 aliphatic rings. The molecule has 3 nitrogen and oxygen atoms in total. The molecule has 1 heterocycles. The average molecular weight is 342 g/mol. The number of hydrogen-bond acceptors (Lipinski definition) is 3. The molecule has 2 rings (SSSR count). The lowest BCUT2D eigenvalue weighted by atomic mass is 10.3. The van der Waals surface area contributed by atoms with Crippen molar-refractivity contribution in [1.82, 2.24) is 4.90 Å². The van der Waals surface area contributed by atoms with Crippen LogP contribution in [0.2, 0.25) is 4.34 Å². The number of benzene rings is 1. The van der Waals surface area contributed by atoms with E-state index >= 15 is 0 Å². The Kier molecular flexibility index (Phi) is 6.21. The van der Waals surface area contributed by atoms with Crippen molar-refractivity contribution in [3.05, 3.63) is 51.4 Å². The Balaban J connectivity index is 1.83. The topological polar surface area (TPSA) is 29.5 Å². The van der Waals surface area contributed by atoms with Gasteiger partial charge in [-0.1, -0.05) is 23.7 Å². The summed E-state index contributed by atoms with van der Waals surface area (Å²) in [5, 5.41) is 0. The van der Waals surface area contributed by atoms with E-state index in [9.17, 15) is 9.18 Å². The fourth-order valence-corrected chi connectivity index (χ4v) is 3.07. The molecule has 1 aromatic carbocycles. The van der Waals surface area contributed by atoms with Gasteiger partial charge in [-0.3, -0.25) is 4.79 Å². The minimum absolute atomic E-state index is 0.0247. The van der Waals surface area contributed by atoms with Gasteiger partial charge < -0.3 is 9.64 Å². The molecular formula is C16H17ClFNO2S. The van der Waals surface area contributed by atoms with E-state index in [4.69, 9.17) is 16.3 Å². The smallest absolute Gasteiger partial charge is 0.226 e. The van der Waals surface area contributed by atoms with Crippen LogP contribution in [-0.4, -0.2) is 24.0 Å². The number of nitrogens with zero attached hydrogens (tertiary/aromatic N) is 1. The van der Waals surface area contributed by atoms with Gasteiger partial charge in [0.1, 0.15) is 0 Å². The van der Waals surface area contributed by atoms with Crippen molar-refractivity contribution >= 4 is 28.8 Å². The Labute approximate surface area is 138 Å². The highest BCUT2D eigenvalue weighted by atomic mass is 35.5. The number of hydrogen-bond donors (Lipinski definition) is 0. The summed E-state index contributed by atoms with van der Waals surface area (Å²) < 4.78 is 19.4. The van der Waals surface area contributed by atoms with E-state index < -0.39 is 5.82 Å². The maximum atomic E-state index is 13.4. The second kappa shape index (κ2) is 8.15. The van der Waals surface area contributed by atoms with Crippen LogP contribution >= 0.6 is 22.9 Å². The number of rotatable bonds is 7. The Morgan fingerprint density at radius 2 is 2.09 bits per heavy atom. The van der Waals surface area contributed by atoms with Gasteiger partial charge >= 0.3 is 0 Å². The third-order valence-corrected chi connectivity index (χ3v) is 4.34. The van der Waals surface area contributed by atoms with Crippen LogP contribution in [-0.2, 0) is 11.3 Å². The van der Waals surface area contributed by atoms with E-state index in [1.54, 1.807) is 23.1 Å². The Hall–Kier alpha value is -1.59. The summed E-state index contributed by atoms with van der Waals surface area (Å²) in [5.41, 5.74) is 0. The van der Waals surface area contributed by atoms with Crippen molar-refractivity contribution in [2.24, 2.45) is 0 Å². The highest BCUT2D eigenvalue weighted by Crippen LogP contribution is 2.23. The predicted octanol–water partition coefficient (Wildman–Crippen LogP) is 4.36. The second-order valence-electron chi connectivity index (χ2n) is 4.64. The minimum atomic E-state index is -0.421. The van der Waals surface area contributed by atoms with Gasteiger partial charge in [-0.2, -0.15) is 0 Å². The molecule has 0 unspecified atom stereocenters. The zero-order chi connectivity index (χ0) is 15.9. The Morgan fingerprint density at radius 3 is 2.73 bits per heavy atom. The van der Waals surface area contributed by atoms with Gasteiger partial charge in [0.2, 0.25) is 5.91 Å². The molecule has 2 aromatic rings. The Morgan fingerprint density at radius 1 is 1.32 bits per heavy atom. The monoisotopic (exact) mass is 341 g/mol. The molecule has 1 aromatic heterocycles. The molecule has 0 saturated heterocycles. The molecule has 0 radical (unpaired) electrons. The highest BCUT2D eigenvalue weighted by molar-refractivity contribution is 7.16. The Bertz CT molecular complexity index is 632. The average Bonchev–Trinajstić information content (AvgIpc) is 2.92. The first-order valence-corrected chi connectivity index (χ1v) is 8.19. The number of amides is 1. The predicted molar refractivity (Wildman–Crippen MR) is 86.9 cm³/mol. The molecule has 6 heteroatoms. The zero-order valence-corrected chi connectivity index (χ0v) is 13.8. The summed E-state index contributed by atoms with van der Waals surface area (Å²) >= 11 is 7.35. The fraction of sp³-hybridized carbons (Fsp3) is 0.312. The maximum Gasteiger partial charge on any atom is 0.226 e. The zero-order valence-electron chi connectivity index (χ0n) is 12.2. The van der Waals surface area contributed by atoms with Crippen LogP contribution in [0.3, 0.4) is 0 Å². The van der Waals surface area contributed by atoms with Crippen molar-refractivity contribution in [2.75, 3.05) is 13.2 Å². The largest absolute Gasteiger partial charge is 0.490 e. The van der Waals surface area contributed by atoms with Crippen LogP contribution in [0.25, 0.3) is 0 Å². The normalized spacial score (nSPS) is 10.5. The van der Waals surface area contributed by atoms with Crippen LogP contribution in [0.5, 0.6) is 5.75 Å². The van der Waals surface area contributed by atoms with Gasteiger partial charge in [-0.05, 0) is 31.2 Å². The molecule has 0 atom stereocenters. The molecule has 0 bridgehead atoms. The van der Waals surface area contributed by atoms with Crippen LogP contribution < -0.4 is 4.74 Å². The van der Waals surface area contributed by atoms with Crippen molar-refractivity contribution in [1.29, 1.82) is 0 Å². The first-order chi connectivity index (χ1) is 10.6. The summed E-state index contributed by atoms with van der Waals surface area (Å²) in [7, 11) is 0. The lowest BCUT2D eigenvalue weighted by Crippen LogP contribution is -2.31. The second-order valence-corrected chi connectivity index (χ2v) is 6.44. The van der Waals surface area contributed by atoms with Gasteiger partial charge in [-0.25, -0.2) is 4.39 Å². The molecular weight excluding hydrogens is 325 g/mol. The number of carbonyl (C=O) groups is 1. The SMILES string of the molecule is CCN(Cc1ccc(Cl)s1)C(=O)CCOc1ccccc1F. The molecule has 0 fully saturated rings. The highest BCUT2D eigenvalue weighted by Gasteiger charge is 2.13. The van der Waals surface area contributed by atoms with Gasteiger partial charge in [-0.15, -0.1) is 11.3 Å². The number of ether oxygens (including phenoxy) is 1. The van der Waals surface area contributed by atoms with Crippen molar-refractivity contribution < 1.29 is 13.9 Å². The third kappa shape index (κ3) is 4.71. The summed E-state index contributed by atoms with van der Waals surface area (Å²) in [5.74, 6) is -0.276. The van der Waals surface area contributed by atoms with Crippen LogP contribution in [0.1, 0.15) is 18.2 Å². The van der Waals surface area contributed by atoms with Crippen molar-refractivity contribution in [3.8, 4) is 5.75 Å². The van der Waals surface area contributed by atoms with Gasteiger partial charge in [0.25, 0.3) is 0 Å².